The van der Waals surface area contributed by atoms with Crippen molar-refractivity contribution < 1.29 is 21.6 Å². The van der Waals surface area contributed by atoms with E-state index in [0.29, 0.717) is 0 Å². The van der Waals surface area contributed by atoms with E-state index in [1.165, 1.54) is 20.2 Å². The molecule has 0 radical (unpaired) electrons. The molecule has 0 unspecified atom stereocenters. The third-order valence-corrected chi connectivity index (χ3v) is 4.44. The van der Waals surface area contributed by atoms with Gasteiger partial charge in [0, 0.05) is 20.6 Å². The predicted molar refractivity (Wildman–Crippen MR) is 71.8 cm³/mol. The minimum atomic E-state index is -4.46. The number of nitrogens with two attached hydrogens (primary N) is 1. The predicted octanol–water partition coefficient (Wildman–Crippen LogP) is 1.59. The standard InChI is InChI=1S/C11H16F3N3O2S/c1-17(2)20(18,19)6-5-16-10-4-3-8(7-9(10)15)11(12,13)14/h3-4,7,16H,5-6,15H2,1-2H3. The molecule has 9 heteroatoms. The number of benzene rings is 1. The van der Waals surface area contributed by atoms with Crippen LogP contribution in [0.5, 0.6) is 0 Å². The Morgan fingerprint density at radius 2 is 1.90 bits per heavy atom. The Balaban J connectivity index is 2.72. The van der Waals surface area contributed by atoms with Gasteiger partial charge in [-0.25, -0.2) is 12.7 Å². The summed E-state index contributed by atoms with van der Waals surface area (Å²) in [5.41, 5.74) is 4.85. The van der Waals surface area contributed by atoms with Gasteiger partial charge < -0.3 is 11.1 Å². The van der Waals surface area contributed by atoms with Crippen LogP contribution in [0, 0.1) is 0 Å². The molecule has 0 heterocycles. The average molecular weight is 311 g/mol. The Labute approximate surface area is 115 Å². The molecular formula is C11H16F3N3O2S. The molecule has 0 bridgehead atoms. The molecule has 20 heavy (non-hydrogen) atoms. The number of rotatable bonds is 5. The van der Waals surface area contributed by atoms with Gasteiger partial charge in [0.15, 0.2) is 0 Å². The SMILES string of the molecule is CN(C)S(=O)(=O)CCNc1ccc(C(F)(F)F)cc1N. The van der Waals surface area contributed by atoms with Crippen LogP contribution in [-0.2, 0) is 16.2 Å². The summed E-state index contributed by atoms with van der Waals surface area (Å²) in [5, 5.41) is 2.70. The first-order valence-corrected chi connectivity index (χ1v) is 7.26. The Hall–Kier alpha value is -1.48. The lowest BCUT2D eigenvalue weighted by Crippen LogP contribution is -2.28. The molecule has 3 N–H and O–H groups in total. The van der Waals surface area contributed by atoms with E-state index in [-0.39, 0.29) is 23.7 Å². The van der Waals surface area contributed by atoms with E-state index in [9.17, 15) is 21.6 Å². The van der Waals surface area contributed by atoms with Crippen molar-refractivity contribution in [1.29, 1.82) is 0 Å². The lowest BCUT2D eigenvalue weighted by atomic mass is 10.1. The van der Waals surface area contributed by atoms with Gasteiger partial charge in [-0.05, 0) is 18.2 Å². The minimum Gasteiger partial charge on any atom is -0.397 e. The molecule has 0 amide bonds. The van der Waals surface area contributed by atoms with Gasteiger partial charge >= 0.3 is 6.18 Å². The molecular weight excluding hydrogens is 295 g/mol. The fourth-order valence-corrected chi connectivity index (χ4v) is 2.12. The Morgan fingerprint density at radius 3 is 2.35 bits per heavy atom. The van der Waals surface area contributed by atoms with Crippen LogP contribution in [0.25, 0.3) is 0 Å². The van der Waals surface area contributed by atoms with Crippen LogP contribution in [0.1, 0.15) is 5.56 Å². The van der Waals surface area contributed by atoms with Gasteiger partial charge in [-0.3, -0.25) is 0 Å². The van der Waals surface area contributed by atoms with Crippen molar-refractivity contribution >= 4 is 21.4 Å². The van der Waals surface area contributed by atoms with Crippen LogP contribution in [-0.4, -0.2) is 39.1 Å². The molecule has 0 aliphatic heterocycles. The quantitative estimate of drug-likeness (QED) is 0.810. The molecule has 0 aliphatic rings. The maximum atomic E-state index is 12.4. The summed E-state index contributed by atoms with van der Waals surface area (Å²) in [6, 6.07) is 2.88. The van der Waals surface area contributed by atoms with E-state index in [2.05, 4.69) is 5.32 Å². The Kier molecular flexibility index (Phi) is 4.87. The fourth-order valence-electron chi connectivity index (χ4n) is 1.40. The van der Waals surface area contributed by atoms with Crippen LogP contribution in [0.3, 0.4) is 0 Å². The Morgan fingerprint density at radius 1 is 1.30 bits per heavy atom. The van der Waals surface area contributed by atoms with Crippen molar-refractivity contribution in [3.63, 3.8) is 0 Å². The van der Waals surface area contributed by atoms with Gasteiger partial charge in [0.05, 0.1) is 22.7 Å². The number of alkyl halides is 3. The minimum absolute atomic E-state index is 0.0517. The zero-order valence-corrected chi connectivity index (χ0v) is 11.8. The van der Waals surface area contributed by atoms with Crippen LogP contribution in [0.2, 0.25) is 0 Å². The summed E-state index contributed by atoms with van der Waals surface area (Å²) in [4.78, 5) is 0. The van der Waals surface area contributed by atoms with Crippen molar-refractivity contribution in [3.05, 3.63) is 23.8 Å². The summed E-state index contributed by atoms with van der Waals surface area (Å²) >= 11 is 0. The molecule has 1 rings (SSSR count). The molecule has 0 aliphatic carbocycles. The second kappa shape index (κ2) is 5.88. The monoisotopic (exact) mass is 311 g/mol. The molecule has 1 aromatic carbocycles. The molecule has 0 fully saturated rings. The summed E-state index contributed by atoms with van der Waals surface area (Å²) in [7, 11) is -0.553. The largest absolute Gasteiger partial charge is 0.416 e. The first-order chi connectivity index (χ1) is 9.04. The second-order valence-electron chi connectivity index (χ2n) is 4.32. The highest BCUT2D eigenvalue weighted by Crippen LogP contribution is 2.32. The van der Waals surface area contributed by atoms with Gasteiger partial charge in [-0.15, -0.1) is 0 Å². The lowest BCUT2D eigenvalue weighted by molar-refractivity contribution is -0.137. The van der Waals surface area contributed by atoms with Crippen molar-refractivity contribution in [2.24, 2.45) is 0 Å². The van der Waals surface area contributed by atoms with Crippen LogP contribution >= 0.6 is 0 Å². The van der Waals surface area contributed by atoms with Crippen molar-refractivity contribution in [1.82, 2.24) is 4.31 Å². The Bertz CT molecular complexity index is 571. The molecule has 0 saturated heterocycles. The maximum absolute atomic E-state index is 12.4. The highest BCUT2D eigenvalue weighted by atomic mass is 32.2. The fraction of sp³-hybridized carbons (Fsp3) is 0.455. The normalized spacial score (nSPS) is 12.7. The second-order valence-corrected chi connectivity index (χ2v) is 6.63. The highest BCUT2D eigenvalue weighted by molar-refractivity contribution is 7.89. The summed E-state index contributed by atoms with van der Waals surface area (Å²) in [6.45, 7) is 0.0517. The van der Waals surface area contributed by atoms with E-state index >= 15 is 0 Å². The van der Waals surface area contributed by atoms with Crippen LogP contribution in [0.15, 0.2) is 18.2 Å². The first-order valence-electron chi connectivity index (χ1n) is 5.65. The smallest absolute Gasteiger partial charge is 0.397 e. The van der Waals surface area contributed by atoms with Crippen LogP contribution < -0.4 is 11.1 Å². The summed E-state index contributed by atoms with van der Waals surface area (Å²) in [5.74, 6) is -0.180. The number of hydrogen-bond donors (Lipinski definition) is 2. The summed E-state index contributed by atoms with van der Waals surface area (Å²) in [6.07, 6.45) is -4.46. The van der Waals surface area contributed by atoms with Gasteiger partial charge in [0.1, 0.15) is 0 Å². The van der Waals surface area contributed by atoms with E-state index in [0.717, 1.165) is 16.4 Å². The molecule has 114 valence electrons. The number of nitrogen functional groups attached to an aromatic ring is 1. The van der Waals surface area contributed by atoms with E-state index in [1.54, 1.807) is 0 Å². The van der Waals surface area contributed by atoms with Crippen molar-refractivity contribution in [2.45, 2.75) is 6.18 Å². The molecule has 5 nitrogen and oxygen atoms in total. The van der Waals surface area contributed by atoms with Gasteiger partial charge in [-0.2, -0.15) is 13.2 Å². The topological polar surface area (TPSA) is 75.4 Å². The van der Waals surface area contributed by atoms with Gasteiger partial charge in [0.2, 0.25) is 10.0 Å². The summed E-state index contributed by atoms with van der Waals surface area (Å²) < 4.78 is 61.4. The number of nitrogens with zero attached hydrogens (tertiary/aromatic N) is 1. The number of sulfonamides is 1. The lowest BCUT2D eigenvalue weighted by Gasteiger charge is -2.14. The zero-order valence-electron chi connectivity index (χ0n) is 11.0. The van der Waals surface area contributed by atoms with Gasteiger partial charge in [0.25, 0.3) is 0 Å². The van der Waals surface area contributed by atoms with Gasteiger partial charge in [-0.1, -0.05) is 0 Å². The molecule has 0 spiro atoms. The van der Waals surface area contributed by atoms with E-state index in [1.807, 2.05) is 0 Å². The molecule has 0 saturated carbocycles. The molecule has 0 aromatic heterocycles. The number of nitrogens with one attached hydrogen (secondary N) is 1. The van der Waals surface area contributed by atoms with E-state index < -0.39 is 21.8 Å². The number of anilines is 2. The number of halogens is 3. The van der Waals surface area contributed by atoms with Crippen molar-refractivity contribution in [3.8, 4) is 0 Å². The van der Waals surface area contributed by atoms with Crippen molar-refractivity contribution in [2.75, 3.05) is 37.4 Å². The highest BCUT2D eigenvalue weighted by Gasteiger charge is 2.30. The van der Waals surface area contributed by atoms with E-state index in [4.69, 9.17) is 5.73 Å². The van der Waals surface area contributed by atoms with Crippen LogP contribution in [0.4, 0.5) is 24.5 Å². The third-order valence-electron chi connectivity index (χ3n) is 2.61. The molecule has 1 aromatic rings. The third kappa shape index (κ3) is 4.27. The first kappa shape index (κ1) is 16.6. The molecule has 0 atom stereocenters. The number of hydrogen-bond acceptors (Lipinski definition) is 4. The zero-order chi connectivity index (χ0) is 15.6. The maximum Gasteiger partial charge on any atom is 0.416 e. The average Bonchev–Trinajstić information content (AvgIpc) is 2.29.